The molecule has 2 nitrogen and oxygen atoms in total. The van der Waals surface area contributed by atoms with Crippen LogP contribution in [-0.4, -0.2) is 13.7 Å². The van der Waals surface area contributed by atoms with Crippen molar-refractivity contribution < 1.29 is 4.74 Å². The van der Waals surface area contributed by atoms with Gasteiger partial charge in [0, 0.05) is 12.1 Å². The molecular weight excluding hydrogens is 162 g/mol. The highest BCUT2D eigenvalue weighted by Gasteiger charge is 2.01. The van der Waals surface area contributed by atoms with Gasteiger partial charge < -0.3 is 10.5 Å². The maximum Gasteiger partial charge on any atom is 0.128 e. The maximum absolute atomic E-state index is 5.38. The summed E-state index contributed by atoms with van der Waals surface area (Å²) in [4.78, 5) is 0. The predicted octanol–water partition coefficient (Wildman–Crippen LogP) is 1.98. The first-order valence-corrected chi connectivity index (χ1v) is 4.29. The minimum Gasteiger partial charge on any atom is -0.496 e. The Bertz CT molecular complexity index is 305. The number of rotatable bonds is 3. The molecule has 0 saturated heterocycles. The summed E-state index contributed by atoms with van der Waals surface area (Å²) >= 11 is 0. The standard InChI is InChI=1S/C11H15NO/c1-9-5-3-6-10(7-4-8-12)11(9)13-2/h3-7H,8,12H2,1-2H3/b7-4+. The first-order valence-electron chi connectivity index (χ1n) is 4.29. The molecule has 0 aromatic heterocycles. The number of para-hydroxylation sites is 1. The molecule has 0 saturated carbocycles. The SMILES string of the molecule is COc1c(C)cccc1/C=C/CN. The lowest BCUT2D eigenvalue weighted by atomic mass is 10.1. The van der Waals surface area contributed by atoms with Gasteiger partial charge in [-0.3, -0.25) is 0 Å². The topological polar surface area (TPSA) is 35.2 Å². The van der Waals surface area contributed by atoms with Crippen molar-refractivity contribution in [3.05, 3.63) is 35.4 Å². The molecule has 1 aromatic rings. The molecule has 0 aliphatic carbocycles. The zero-order valence-corrected chi connectivity index (χ0v) is 8.08. The lowest BCUT2D eigenvalue weighted by molar-refractivity contribution is 0.411. The van der Waals surface area contributed by atoms with Crippen LogP contribution in [0.2, 0.25) is 0 Å². The highest BCUT2D eigenvalue weighted by Crippen LogP contribution is 2.23. The quantitative estimate of drug-likeness (QED) is 0.766. The summed E-state index contributed by atoms with van der Waals surface area (Å²) in [5.74, 6) is 0.923. The van der Waals surface area contributed by atoms with E-state index in [0.717, 1.165) is 16.9 Å². The predicted molar refractivity (Wildman–Crippen MR) is 55.8 cm³/mol. The minimum absolute atomic E-state index is 0.553. The van der Waals surface area contributed by atoms with Crippen molar-refractivity contribution in [3.8, 4) is 5.75 Å². The molecule has 0 atom stereocenters. The molecule has 1 rings (SSSR count). The van der Waals surface area contributed by atoms with Crippen LogP contribution in [0.1, 0.15) is 11.1 Å². The number of methoxy groups -OCH3 is 1. The van der Waals surface area contributed by atoms with Crippen LogP contribution in [-0.2, 0) is 0 Å². The summed E-state index contributed by atoms with van der Waals surface area (Å²) in [6.07, 6.45) is 3.89. The lowest BCUT2D eigenvalue weighted by Gasteiger charge is -2.07. The number of ether oxygens (including phenoxy) is 1. The molecule has 0 amide bonds. The summed E-state index contributed by atoms with van der Waals surface area (Å²) in [6, 6.07) is 6.05. The second kappa shape index (κ2) is 4.67. The molecule has 0 fully saturated rings. The average molecular weight is 177 g/mol. The van der Waals surface area contributed by atoms with Gasteiger partial charge in [0.05, 0.1) is 7.11 Å². The number of hydrogen-bond acceptors (Lipinski definition) is 2. The van der Waals surface area contributed by atoms with Gasteiger partial charge >= 0.3 is 0 Å². The minimum atomic E-state index is 0.553. The molecule has 2 heteroatoms. The van der Waals surface area contributed by atoms with Gasteiger partial charge in [-0.1, -0.05) is 30.4 Å². The summed E-state index contributed by atoms with van der Waals surface area (Å²) < 4.78 is 5.28. The van der Waals surface area contributed by atoms with Crippen LogP contribution in [0, 0.1) is 6.92 Å². The van der Waals surface area contributed by atoms with Gasteiger partial charge in [0.1, 0.15) is 5.75 Å². The number of nitrogens with two attached hydrogens (primary N) is 1. The first kappa shape index (κ1) is 9.81. The Morgan fingerprint density at radius 2 is 2.23 bits per heavy atom. The molecule has 0 unspecified atom stereocenters. The Morgan fingerprint density at radius 3 is 2.85 bits per heavy atom. The van der Waals surface area contributed by atoms with Crippen LogP contribution in [0.3, 0.4) is 0 Å². The summed E-state index contributed by atoms with van der Waals surface area (Å²) in [6.45, 7) is 2.58. The molecule has 70 valence electrons. The van der Waals surface area contributed by atoms with Crippen molar-refractivity contribution in [1.29, 1.82) is 0 Å². The molecule has 0 aliphatic rings. The van der Waals surface area contributed by atoms with Gasteiger partial charge in [-0.15, -0.1) is 0 Å². The molecule has 0 spiro atoms. The van der Waals surface area contributed by atoms with Crippen molar-refractivity contribution in [2.24, 2.45) is 5.73 Å². The van der Waals surface area contributed by atoms with Crippen molar-refractivity contribution in [1.82, 2.24) is 0 Å². The van der Waals surface area contributed by atoms with E-state index in [1.165, 1.54) is 0 Å². The van der Waals surface area contributed by atoms with Crippen molar-refractivity contribution >= 4 is 6.08 Å². The number of aryl methyl sites for hydroxylation is 1. The van der Waals surface area contributed by atoms with Crippen LogP contribution in [0.5, 0.6) is 5.75 Å². The van der Waals surface area contributed by atoms with Gasteiger partial charge in [0.15, 0.2) is 0 Å². The van der Waals surface area contributed by atoms with E-state index in [2.05, 4.69) is 0 Å². The Kier molecular flexibility index (Phi) is 3.53. The van der Waals surface area contributed by atoms with Crippen LogP contribution in [0.4, 0.5) is 0 Å². The molecule has 2 N–H and O–H groups in total. The molecule has 0 bridgehead atoms. The van der Waals surface area contributed by atoms with Crippen LogP contribution < -0.4 is 10.5 Å². The fourth-order valence-electron chi connectivity index (χ4n) is 1.28. The molecule has 0 radical (unpaired) electrons. The van der Waals surface area contributed by atoms with Gasteiger partial charge in [-0.05, 0) is 12.5 Å². The summed E-state index contributed by atoms with van der Waals surface area (Å²) in [5.41, 5.74) is 7.60. The average Bonchev–Trinajstić information content (AvgIpc) is 2.15. The molecule has 1 aromatic carbocycles. The van der Waals surface area contributed by atoms with Gasteiger partial charge in [-0.25, -0.2) is 0 Å². The Hall–Kier alpha value is -1.28. The number of benzene rings is 1. The lowest BCUT2D eigenvalue weighted by Crippen LogP contribution is -1.93. The third-order valence-electron chi connectivity index (χ3n) is 1.88. The first-order chi connectivity index (χ1) is 6.29. The Balaban J connectivity index is 3.05. The smallest absolute Gasteiger partial charge is 0.128 e. The monoisotopic (exact) mass is 177 g/mol. The fraction of sp³-hybridized carbons (Fsp3) is 0.273. The zero-order chi connectivity index (χ0) is 9.68. The van der Waals surface area contributed by atoms with E-state index < -0.39 is 0 Å². The van der Waals surface area contributed by atoms with Crippen LogP contribution in [0.25, 0.3) is 6.08 Å². The van der Waals surface area contributed by atoms with E-state index in [1.807, 2.05) is 37.3 Å². The van der Waals surface area contributed by atoms with Gasteiger partial charge in [-0.2, -0.15) is 0 Å². The normalized spacial score (nSPS) is 10.7. The molecule has 0 aliphatic heterocycles. The third-order valence-corrected chi connectivity index (χ3v) is 1.88. The van der Waals surface area contributed by atoms with Crippen LogP contribution >= 0.6 is 0 Å². The van der Waals surface area contributed by atoms with E-state index in [1.54, 1.807) is 7.11 Å². The molecule has 13 heavy (non-hydrogen) atoms. The second-order valence-electron chi connectivity index (χ2n) is 2.84. The largest absolute Gasteiger partial charge is 0.496 e. The second-order valence-corrected chi connectivity index (χ2v) is 2.84. The van der Waals surface area contributed by atoms with Crippen LogP contribution in [0.15, 0.2) is 24.3 Å². The molecule has 0 heterocycles. The van der Waals surface area contributed by atoms with Crippen molar-refractivity contribution in [2.45, 2.75) is 6.92 Å². The Morgan fingerprint density at radius 1 is 1.46 bits per heavy atom. The number of hydrogen-bond donors (Lipinski definition) is 1. The van der Waals surface area contributed by atoms with Gasteiger partial charge in [0.25, 0.3) is 0 Å². The highest BCUT2D eigenvalue weighted by molar-refractivity contribution is 5.59. The van der Waals surface area contributed by atoms with Gasteiger partial charge in [0.2, 0.25) is 0 Å². The van der Waals surface area contributed by atoms with Crippen molar-refractivity contribution in [3.63, 3.8) is 0 Å². The highest BCUT2D eigenvalue weighted by atomic mass is 16.5. The van der Waals surface area contributed by atoms with E-state index in [9.17, 15) is 0 Å². The van der Waals surface area contributed by atoms with E-state index in [0.29, 0.717) is 6.54 Å². The van der Waals surface area contributed by atoms with E-state index >= 15 is 0 Å². The molecular formula is C11H15NO. The Labute approximate surface area is 79.0 Å². The van der Waals surface area contributed by atoms with Crippen molar-refractivity contribution in [2.75, 3.05) is 13.7 Å². The van der Waals surface area contributed by atoms with E-state index in [4.69, 9.17) is 10.5 Å². The summed E-state index contributed by atoms with van der Waals surface area (Å²) in [7, 11) is 1.68. The maximum atomic E-state index is 5.38. The van der Waals surface area contributed by atoms with E-state index in [-0.39, 0.29) is 0 Å². The third kappa shape index (κ3) is 2.33. The zero-order valence-electron chi connectivity index (χ0n) is 8.08. The fourth-order valence-corrected chi connectivity index (χ4v) is 1.28. The summed E-state index contributed by atoms with van der Waals surface area (Å²) in [5, 5.41) is 0.